The molecule has 1 amide bonds. The molecular weight excluding hydrogens is 375 g/mol. The molecule has 0 aromatic carbocycles. The summed E-state index contributed by atoms with van der Waals surface area (Å²) in [4.78, 5) is 24.1. The first kappa shape index (κ1) is 30.8. The minimum absolute atomic E-state index is 0. The molecule has 0 fully saturated rings. The molecule has 0 aromatic heterocycles. The second-order valence-electron chi connectivity index (χ2n) is 7.96. The molecule has 6 heteroatoms. The Labute approximate surface area is 201 Å². The van der Waals surface area contributed by atoms with Crippen LogP contribution in [0.5, 0.6) is 0 Å². The number of unbranched alkanes of at least 4 members (excludes halogenated alkanes) is 10. The molecule has 0 spiro atoms. The zero-order chi connectivity index (χ0) is 20.9. The number of carbonyl (C=O) groups is 2. The van der Waals surface area contributed by atoms with Gasteiger partial charge in [0.25, 0.3) is 0 Å². The first-order valence-electron chi connectivity index (χ1n) is 11.3. The van der Waals surface area contributed by atoms with Gasteiger partial charge in [-0.25, -0.2) is 0 Å². The molecule has 29 heavy (non-hydrogen) atoms. The molecule has 0 saturated heterocycles. The quantitative estimate of drug-likeness (QED) is 0.181. The van der Waals surface area contributed by atoms with Crippen LogP contribution in [-0.4, -0.2) is 44.0 Å². The molecule has 0 saturated carbocycles. The summed E-state index contributed by atoms with van der Waals surface area (Å²) in [5, 5.41) is 13.3. The molecule has 0 bridgehead atoms. The summed E-state index contributed by atoms with van der Waals surface area (Å²) in [5.41, 5.74) is 0. The topological polar surface area (TPSA) is 72.5 Å². The van der Waals surface area contributed by atoms with Gasteiger partial charge in [0.1, 0.15) is 0 Å². The van der Waals surface area contributed by atoms with Crippen molar-refractivity contribution in [2.24, 2.45) is 0 Å². The molecule has 0 aromatic rings. The van der Waals surface area contributed by atoms with E-state index in [-0.39, 0.29) is 41.9 Å². The summed E-state index contributed by atoms with van der Waals surface area (Å²) in [6.45, 7) is 1.80. The maximum Gasteiger partial charge on any atom is 1.00 e. The largest absolute Gasteiger partial charge is 1.00 e. The number of rotatable bonds is 20. The van der Waals surface area contributed by atoms with Gasteiger partial charge in [0.15, 0.2) is 0 Å². The van der Waals surface area contributed by atoms with Gasteiger partial charge in [0.05, 0.1) is 0 Å². The number of carboxylic acid groups (broad SMARTS) is 1. The predicted molar refractivity (Wildman–Crippen MR) is 115 cm³/mol. The van der Waals surface area contributed by atoms with Gasteiger partial charge in [-0.2, -0.15) is 0 Å². The van der Waals surface area contributed by atoms with Crippen molar-refractivity contribution in [3.05, 3.63) is 12.2 Å². The Morgan fingerprint density at radius 1 is 0.759 bits per heavy atom. The Bertz CT molecular complexity index is 415. The molecule has 164 valence electrons. The van der Waals surface area contributed by atoms with Crippen LogP contribution in [0.4, 0.5) is 0 Å². The average Bonchev–Trinajstić information content (AvgIpc) is 2.64. The van der Waals surface area contributed by atoms with E-state index in [0.29, 0.717) is 6.42 Å². The van der Waals surface area contributed by atoms with Crippen molar-refractivity contribution in [2.75, 3.05) is 27.2 Å². The normalized spacial score (nSPS) is 11.0. The van der Waals surface area contributed by atoms with E-state index in [1.165, 1.54) is 32.1 Å². The van der Waals surface area contributed by atoms with Crippen molar-refractivity contribution >= 4 is 11.9 Å². The number of nitrogens with one attached hydrogen (secondary N) is 1. The minimum atomic E-state index is -0.931. The Morgan fingerprint density at radius 2 is 1.24 bits per heavy atom. The second-order valence-corrected chi connectivity index (χ2v) is 7.96. The van der Waals surface area contributed by atoms with Crippen LogP contribution in [-0.2, 0) is 9.59 Å². The molecule has 0 rings (SSSR count). The van der Waals surface area contributed by atoms with E-state index in [4.69, 9.17) is 0 Å². The molecule has 0 radical (unpaired) electrons. The van der Waals surface area contributed by atoms with E-state index < -0.39 is 5.97 Å². The number of hydrogen-bond donors (Lipinski definition) is 1. The number of allylic oxidation sites excluding steroid dienone is 2. The van der Waals surface area contributed by atoms with Crippen molar-refractivity contribution in [3.8, 4) is 0 Å². The van der Waals surface area contributed by atoms with Gasteiger partial charge in [-0.15, -0.1) is 0 Å². The van der Waals surface area contributed by atoms with Crippen molar-refractivity contribution in [3.63, 3.8) is 0 Å². The maximum atomic E-state index is 11.7. The van der Waals surface area contributed by atoms with Gasteiger partial charge in [0, 0.05) is 18.9 Å². The summed E-state index contributed by atoms with van der Waals surface area (Å²) in [6, 6.07) is 0. The third-order valence-electron chi connectivity index (χ3n) is 4.80. The van der Waals surface area contributed by atoms with Crippen molar-refractivity contribution in [1.82, 2.24) is 10.2 Å². The molecule has 0 unspecified atom stereocenters. The average molecular weight is 419 g/mol. The van der Waals surface area contributed by atoms with Crippen molar-refractivity contribution in [2.45, 2.75) is 96.3 Å². The fraction of sp³-hybridized carbons (Fsp3) is 0.826. The molecule has 0 atom stereocenters. The number of hydrogen-bond acceptors (Lipinski definition) is 4. The van der Waals surface area contributed by atoms with E-state index in [2.05, 4.69) is 22.4 Å². The maximum absolute atomic E-state index is 11.7. The zero-order valence-corrected chi connectivity index (χ0v) is 21.3. The summed E-state index contributed by atoms with van der Waals surface area (Å²) < 4.78 is 0. The van der Waals surface area contributed by atoms with Gasteiger partial charge in [-0.3, -0.25) is 4.79 Å². The monoisotopic (exact) mass is 418 g/mol. The fourth-order valence-corrected chi connectivity index (χ4v) is 3.09. The van der Waals surface area contributed by atoms with Crippen LogP contribution >= 0.6 is 0 Å². The molecule has 0 aliphatic heterocycles. The predicted octanol–water partition coefficient (Wildman–Crippen LogP) is 0.826. The molecular formula is C23H43N2NaO3. The zero-order valence-electron chi connectivity index (χ0n) is 19.3. The summed E-state index contributed by atoms with van der Waals surface area (Å²) in [6.07, 6.45) is 19.8. The third kappa shape index (κ3) is 27.6. The Morgan fingerprint density at radius 3 is 1.76 bits per heavy atom. The third-order valence-corrected chi connectivity index (χ3v) is 4.80. The smallest absolute Gasteiger partial charge is 0.550 e. The van der Waals surface area contributed by atoms with Gasteiger partial charge < -0.3 is 20.1 Å². The van der Waals surface area contributed by atoms with E-state index in [0.717, 1.165) is 64.5 Å². The number of aliphatic carboxylic acids is 1. The van der Waals surface area contributed by atoms with Crippen LogP contribution in [0, 0.1) is 0 Å². The number of nitrogens with zero attached hydrogens (tertiary/aromatic N) is 1. The second kappa shape index (κ2) is 23.9. The Kier molecular flexibility index (Phi) is 25.4. The molecule has 0 aliphatic rings. The van der Waals surface area contributed by atoms with E-state index in [1.54, 1.807) is 0 Å². The van der Waals surface area contributed by atoms with Crippen LogP contribution in [0.2, 0.25) is 0 Å². The summed E-state index contributed by atoms with van der Waals surface area (Å²) >= 11 is 0. The van der Waals surface area contributed by atoms with E-state index in [1.807, 2.05) is 14.1 Å². The first-order chi connectivity index (χ1) is 13.5. The Balaban J connectivity index is 0. The van der Waals surface area contributed by atoms with Gasteiger partial charge in [-0.1, -0.05) is 50.7 Å². The Hall–Kier alpha value is -0.360. The molecule has 0 heterocycles. The van der Waals surface area contributed by atoms with Gasteiger partial charge >= 0.3 is 29.6 Å². The fourth-order valence-electron chi connectivity index (χ4n) is 3.09. The number of carboxylic acids is 1. The number of amides is 1. The molecule has 5 nitrogen and oxygen atoms in total. The van der Waals surface area contributed by atoms with Gasteiger partial charge in [0.2, 0.25) is 5.91 Å². The van der Waals surface area contributed by atoms with E-state index in [9.17, 15) is 14.7 Å². The van der Waals surface area contributed by atoms with Gasteiger partial charge in [-0.05, 0) is 72.0 Å². The molecule has 1 N–H and O–H groups in total. The van der Waals surface area contributed by atoms with Crippen LogP contribution in [0.3, 0.4) is 0 Å². The standard InChI is InChI=1S/C23H44N2O3.Na/c1-25(2)21-17-20-24-22(26)18-15-13-11-9-7-5-3-4-6-8-10-12-14-16-19-23(27)28;/h3-4H,5-21H2,1-2H3,(H,24,26)(H,27,28);/q;+1/p-1/b4-3+;. The summed E-state index contributed by atoms with van der Waals surface area (Å²) in [5.74, 6) is -0.736. The minimum Gasteiger partial charge on any atom is -0.550 e. The van der Waals surface area contributed by atoms with E-state index >= 15 is 0 Å². The van der Waals surface area contributed by atoms with Crippen LogP contribution in [0.25, 0.3) is 0 Å². The van der Waals surface area contributed by atoms with Crippen molar-refractivity contribution < 1.29 is 44.3 Å². The van der Waals surface area contributed by atoms with Crippen LogP contribution < -0.4 is 40.0 Å². The van der Waals surface area contributed by atoms with Crippen LogP contribution in [0.15, 0.2) is 12.2 Å². The number of carbonyl (C=O) groups excluding carboxylic acids is 2. The van der Waals surface area contributed by atoms with Crippen LogP contribution in [0.1, 0.15) is 96.3 Å². The van der Waals surface area contributed by atoms with Crippen molar-refractivity contribution in [1.29, 1.82) is 0 Å². The molecule has 0 aliphatic carbocycles. The first-order valence-corrected chi connectivity index (χ1v) is 11.3. The summed E-state index contributed by atoms with van der Waals surface area (Å²) in [7, 11) is 4.09. The SMILES string of the molecule is CN(C)CCCNC(=O)CCCCCCC/C=C/CCCCCCCC(=O)[O-].[Na+].